The summed E-state index contributed by atoms with van der Waals surface area (Å²) in [6, 6.07) is 0. The molecule has 0 saturated carbocycles. The molecule has 2 nitrogen and oxygen atoms in total. The minimum absolute atomic E-state index is 0.153. The van der Waals surface area contributed by atoms with Crippen molar-refractivity contribution in [3.05, 3.63) is 24.3 Å². The standard InChI is InChI=1S/C10H16O2/c1-4-6-8(3)9(5-2)7-10(11)12/h4,6,9H,1,5,7H2,2-3H3,(H,11,12). The molecule has 1 atom stereocenters. The number of aliphatic carboxylic acids is 1. The molecule has 0 rings (SSSR count). The highest BCUT2D eigenvalue weighted by molar-refractivity contribution is 5.67. The first-order valence-corrected chi connectivity index (χ1v) is 4.12. The zero-order valence-corrected chi connectivity index (χ0v) is 7.71. The molecule has 0 aromatic heterocycles. The van der Waals surface area contributed by atoms with E-state index in [2.05, 4.69) is 6.58 Å². The van der Waals surface area contributed by atoms with Crippen LogP contribution in [0.4, 0.5) is 0 Å². The van der Waals surface area contributed by atoms with Crippen LogP contribution >= 0.6 is 0 Å². The zero-order chi connectivity index (χ0) is 9.56. The molecule has 68 valence electrons. The third-order valence-corrected chi connectivity index (χ3v) is 1.94. The Labute approximate surface area is 73.6 Å². The van der Waals surface area contributed by atoms with E-state index in [0.29, 0.717) is 0 Å². The van der Waals surface area contributed by atoms with Crippen molar-refractivity contribution in [3.8, 4) is 0 Å². The van der Waals surface area contributed by atoms with Gasteiger partial charge in [0.2, 0.25) is 0 Å². The van der Waals surface area contributed by atoms with Gasteiger partial charge >= 0.3 is 5.97 Å². The quantitative estimate of drug-likeness (QED) is 0.641. The fourth-order valence-electron chi connectivity index (χ4n) is 1.16. The Bertz CT molecular complexity index is 192. The van der Waals surface area contributed by atoms with Crippen LogP contribution in [0.5, 0.6) is 0 Å². The first-order valence-electron chi connectivity index (χ1n) is 4.12. The monoisotopic (exact) mass is 168 g/mol. The van der Waals surface area contributed by atoms with Gasteiger partial charge in [-0.15, -0.1) is 0 Å². The highest BCUT2D eigenvalue weighted by Gasteiger charge is 2.11. The Balaban J connectivity index is 4.23. The van der Waals surface area contributed by atoms with Crippen molar-refractivity contribution in [1.29, 1.82) is 0 Å². The summed E-state index contributed by atoms with van der Waals surface area (Å²) < 4.78 is 0. The van der Waals surface area contributed by atoms with Gasteiger partial charge in [0.05, 0.1) is 6.42 Å². The minimum Gasteiger partial charge on any atom is -0.481 e. The molecule has 2 heteroatoms. The molecule has 0 heterocycles. The second-order valence-corrected chi connectivity index (χ2v) is 2.85. The van der Waals surface area contributed by atoms with Crippen molar-refractivity contribution in [3.63, 3.8) is 0 Å². The number of allylic oxidation sites excluding steroid dienone is 3. The molecule has 0 fully saturated rings. The third kappa shape index (κ3) is 3.96. The molecule has 0 radical (unpaired) electrons. The Kier molecular flexibility index (Phi) is 5.09. The van der Waals surface area contributed by atoms with Gasteiger partial charge in [-0.2, -0.15) is 0 Å². The van der Waals surface area contributed by atoms with Gasteiger partial charge in [-0.3, -0.25) is 4.79 Å². The van der Waals surface area contributed by atoms with Gasteiger partial charge in [0.1, 0.15) is 0 Å². The summed E-state index contributed by atoms with van der Waals surface area (Å²) in [6.07, 6.45) is 4.64. The molecule has 0 aliphatic carbocycles. The molecule has 0 aliphatic rings. The average Bonchev–Trinajstić information content (AvgIpc) is 2.00. The van der Waals surface area contributed by atoms with Gasteiger partial charge in [0.15, 0.2) is 0 Å². The zero-order valence-electron chi connectivity index (χ0n) is 7.71. The van der Waals surface area contributed by atoms with Crippen molar-refractivity contribution in [2.75, 3.05) is 0 Å². The Hall–Kier alpha value is -1.05. The third-order valence-electron chi connectivity index (χ3n) is 1.94. The van der Waals surface area contributed by atoms with Gasteiger partial charge in [0, 0.05) is 0 Å². The van der Waals surface area contributed by atoms with E-state index in [9.17, 15) is 4.79 Å². The van der Waals surface area contributed by atoms with Crippen LogP contribution < -0.4 is 0 Å². The van der Waals surface area contributed by atoms with Crippen LogP contribution in [0.1, 0.15) is 26.7 Å². The van der Waals surface area contributed by atoms with Crippen LogP contribution in [-0.4, -0.2) is 11.1 Å². The molecule has 0 saturated heterocycles. The summed E-state index contributed by atoms with van der Waals surface area (Å²) in [5, 5.41) is 8.58. The minimum atomic E-state index is -0.737. The predicted molar refractivity (Wildman–Crippen MR) is 50.0 cm³/mol. The first kappa shape index (κ1) is 11.0. The van der Waals surface area contributed by atoms with Gasteiger partial charge in [0.25, 0.3) is 0 Å². The van der Waals surface area contributed by atoms with Crippen LogP contribution in [0.25, 0.3) is 0 Å². The molecule has 0 aromatic carbocycles. The van der Waals surface area contributed by atoms with Crippen LogP contribution in [0.15, 0.2) is 24.3 Å². The number of hydrogen-bond acceptors (Lipinski definition) is 1. The maximum Gasteiger partial charge on any atom is 0.303 e. The van der Waals surface area contributed by atoms with Gasteiger partial charge < -0.3 is 5.11 Å². The topological polar surface area (TPSA) is 37.3 Å². The summed E-state index contributed by atoms with van der Waals surface area (Å²) in [7, 11) is 0. The van der Waals surface area contributed by atoms with E-state index in [-0.39, 0.29) is 12.3 Å². The van der Waals surface area contributed by atoms with E-state index >= 15 is 0 Å². The second-order valence-electron chi connectivity index (χ2n) is 2.85. The Morgan fingerprint density at radius 2 is 2.25 bits per heavy atom. The predicted octanol–water partition coefficient (Wildman–Crippen LogP) is 2.62. The molecule has 12 heavy (non-hydrogen) atoms. The summed E-state index contributed by atoms with van der Waals surface area (Å²) in [5.41, 5.74) is 1.09. The lowest BCUT2D eigenvalue weighted by atomic mass is 9.94. The van der Waals surface area contributed by atoms with Crippen LogP contribution in [0.2, 0.25) is 0 Å². The van der Waals surface area contributed by atoms with Crippen LogP contribution in [0.3, 0.4) is 0 Å². The lowest BCUT2D eigenvalue weighted by Gasteiger charge is -2.11. The smallest absolute Gasteiger partial charge is 0.303 e. The maximum absolute atomic E-state index is 10.4. The average molecular weight is 168 g/mol. The van der Waals surface area contributed by atoms with Crippen molar-refractivity contribution < 1.29 is 9.90 Å². The molecular weight excluding hydrogens is 152 g/mol. The second kappa shape index (κ2) is 5.58. The van der Waals surface area contributed by atoms with Gasteiger partial charge in [-0.05, 0) is 19.3 Å². The fraction of sp³-hybridized carbons (Fsp3) is 0.500. The summed E-state index contributed by atoms with van der Waals surface area (Å²) >= 11 is 0. The van der Waals surface area contributed by atoms with Gasteiger partial charge in [-0.1, -0.05) is 31.2 Å². The van der Waals surface area contributed by atoms with E-state index in [1.165, 1.54) is 0 Å². The summed E-state index contributed by atoms with van der Waals surface area (Å²) in [6.45, 7) is 7.51. The molecule has 0 aliphatic heterocycles. The molecule has 1 unspecified atom stereocenters. The number of rotatable bonds is 5. The summed E-state index contributed by atoms with van der Waals surface area (Å²) in [4.78, 5) is 10.4. The highest BCUT2D eigenvalue weighted by atomic mass is 16.4. The lowest BCUT2D eigenvalue weighted by Crippen LogP contribution is -2.07. The van der Waals surface area contributed by atoms with Crippen molar-refractivity contribution >= 4 is 5.97 Å². The first-order chi connectivity index (χ1) is 5.61. The van der Waals surface area contributed by atoms with Crippen LogP contribution in [-0.2, 0) is 4.79 Å². The number of carboxylic acid groups (broad SMARTS) is 1. The maximum atomic E-state index is 10.4. The number of carbonyl (C=O) groups is 1. The summed E-state index contributed by atoms with van der Waals surface area (Å²) in [5.74, 6) is -0.584. The number of hydrogen-bond donors (Lipinski definition) is 1. The molecule has 0 bridgehead atoms. The van der Waals surface area contributed by atoms with Gasteiger partial charge in [-0.25, -0.2) is 0 Å². The van der Waals surface area contributed by atoms with E-state index in [0.717, 1.165) is 12.0 Å². The molecule has 1 N–H and O–H groups in total. The van der Waals surface area contributed by atoms with E-state index < -0.39 is 5.97 Å². The van der Waals surface area contributed by atoms with E-state index in [1.807, 2.05) is 19.9 Å². The Morgan fingerprint density at radius 3 is 2.58 bits per heavy atom. The molecule has 0 spiro atoms. The van der Waals surface area contributed by atoms with Crippen LogP contribution in [0, 0.1) is 5.92 Å². The fourth-order valence-corrected chi connectivity index (χ4v) is 1.16. The largest absolute Gasteiger partial charge is 0.481 e. The van der Waals surface area contributed by atoms with Crippen molar-refractivity contribution in [2.24, 2.45) is 5.92 Å². The molecule has 0 aromatic rings. The lowest BCUT2D eigenvalue weighted by molar-refractivity contribution is -0.137. The SMILES string of the molecule is C=CC=C(C)C(CC)CC(=O)O. The normalized spacial score (nSPS) is 14.0. The Morgan fingerprint density at radius 1 is 1.67 bits per heavy atom. The van der Waals surface area contributed by atoms with E-state index in [4.69, 9.17) is 5.11 Å². The number of carboxylic acids is 1. The van der Waals surface area contributed by atoms with Crippen molar-refractivity contribution in [1.82, 2.24) is 0 Å². The molecular formula is C10H16O2. The van der Waals surface area contributed by atoms with E-state index in [1.54, 1.807) is 6.08 Å². The van der Waals surface area contributed by atoms with Crippen molar-refractivity contribution in [2.45, 2.75) is 26.7 Å². The highest BCUT2D eigenvalue weighted by Crippen LogP contribution is 2.18. The molecule has 0 amide bonds.